The second kappa shape index (κ2) is 6.59. The lowest BCUT2D eigenvalue weighted by atomic mass is 10.1. The Morgan fingerprint density at radius 2 is 2.09 bits per heavy atom. The maximum Gasteiger partial charge on any atom is 0.387 e. The molecule has 6 nitrogen and oxygen atoms in total. The minimum atomic E-state index is -3.06. The van der Waals surface area contributed by atoms with Gasteiger partial charge in [0.05, 0.1) is 7.11 Å². The first-order chi connectivity index (χ1) is 10.4. The van der Waals surface area contributed by atoms with Gasteiger partial charge in [-0.15, -0.1) is 0 Å². The van der Waals surface area contributed by atoms with Crippen LogP contribution >= 0.6 is 0 Å². The molecule has 0 aromatic heterocycles. The van der Waals surface area contributed by atoms with Gasteiger partial charge in [0, 0.05) is 12.1 Å². The van der Waals surface area contributed by atoms with Crippen LogP contribution in [0, 0.1) is 0 Å². The Kier molecular flexibility index (Phi) is 4.79. The van der Waals surface area contributed by atoms with E-state index >= 15 is 0 Å². The highest BCUT2D eigenvalue weighted by molar-refractivity contribution is 5.97. The first-order valence-electron chi connectivity index (χ1n) is 6.60. The molecule has 0 radical (unpaired) electrons. The quantitative estimate of drug-likeness (QED) is 0.899. The van der Waals surface area contributed by atoms with Gasteiger partial charge in [0.1, 0.15) is 6.04 Å². The Morgan fingerprint density at radius 3 is 2.68 bits per heavy atom. The molecule has 1 heterocycles. The number of carbonyl (C=O) groups is 2. The zero-order chi connectivity index (χ0) is 16.3. The predicted octanol–water partition coefficient (Wildman–Crippen LogP) is 1.99. The number of amides is 1. The fraction of sp³-hybridized carbons (Fsp3) is 0.429. The molecule has 0 bridgehead atoms. The molecule has 1 fully saturated rings. The molecule has 1 aliphatic rings. The highest BCUT2D eigenvalue weighted by Crippen LogP contribution is 2.31. The second-order valence-electron chi connectivity index (χ2n) is 4.74. The van der Waals surface area contributed by atoms with E-state index in [2.05, 4.69) is 4.74 Å². The van der Waals surface area contributed by atoms with Gasteiger partial charge in [0.15, 0.2) is 11.5 Å². The van der Waals surface area contributed by atoms with Crippen molar-refractivity contribution in [1.29, 1.82) is 0 Å². The molecule has 1 aromatic rings. The molecule has 1 aliphatic heterocycles. The van der Waals surface area contributed by atoms with E-state index in [-0.39, 0.29) is 17.1 Å². The monoisotopic (exact) mass is 315 g/mol. The SMILES string of the molecule is COc1ccc(C(=O)N2CCCC2C(=O)O)cc1OC(F)F. The maximum absolute atomic E-state index is 12.4. The number of carboxylic acid groups (broad SMARTS) is 1. The number of hydrogen-bond acceptors (Lipinski definition) is 4. The van der Waals surface area contributed by atoms with Crippen LogP contribution in [0.2, 0.25) is 0 Å². The van der Waals surface area contributed by atoms with E-state index in [1.807, 2.05) is 0 Å². The first-order valence-corrected chi connectivity index (χ1v) is 6.60. The van der Waals surface area contributed by atoms with Gasteiger partial charge in [-0.2, -0.15) is 8.78 Å². The predicted molar refractivity (Wildman–Crippen MR) is 71.3 cm³/mol. The fourth-order valence-electron chi connectivity index (χ4n) is 2.43. The van der Waals surface area contributed by atoms with Crippen molar-refractivity contribution in [3.63, 3.8) is 0 Å². The first kappa shape index (κ1) is 16.0. The smallest absolute Gasteiger partial charge is 0.387 e. The number of methoxy groups -OCH3 is 1. The van der Waals surface area contributed by atoms with Crippen LogP contribution in [0.4, 0.5) is 8.78 Å². The van der Waals surface area contributed by atoms with Crippen LogP contribution in [0.1, 0.15) is 23.2 Å². The summed E-state index contributed by atoms with van der Waals surface area (Å²) in [5, 5.41) is 9.10. The molecule has 1 saturated heterocycles. The Bertz CT molecular complexity index is 578. The summed E-state index contributed by atoms with van der Waals surface area (Å²) < 4.78 is 34.0. The minimum absolute atomic E-state index is 0.0630. The Balaban J connectivity index is 2.28. The van der Waals surface area contributed by atoms with Crippen molar-refractivity contribution in [2.75, 3.05) is 13.7 Å². The van der Waals surface area contributed by atoms with E-state index in [1.54, 1.807) is 0 Å². The number of halogens is 2. The third-order valence-corrected chi connectivity index (χ3v) is 3.43. The summed E-state index contributed by atoms with van der Waals surface area (Å²) in [6.45, 7) is -2.75. The van der Waals surface area contributed by atoms with Crippen LogP contribution in [0.5, 0.6) is 11.5 Å². The summed E-state index contributed by atoms with van der Waals surface area (Å²) in [6, 6.07) is 2.95. The van der Waals surface area contributed by atoms with Crippen LogP contribution < -0.4 is 9.47 Å². The van der Waals surface area contributed by atoms with Crippen molar-refractivity contribution in [1.82, 2.24) is 4.90 Å². The Labute approximate surface area is 125 Å². The highest BCUT2D eigenvalue weighted by Gasteiger charge is 2.34. The molecular weight excluding hydrogens is 300 g/mol. The lowest BCUT2D eigenvalue weighted by Crippen LogP contribution is -2.40. The topological polar surface area (TPSA) is 76.1 Å². The van der Waals surface area contributed by atoms with Gasteiger partial charge in [-0.05, 0) is 31.0 Å². The number of carboxylic acids is 1. The largest absolute Gasteiger partial charge is 0.493 e. The van der Waals surface area contributed by atoms with Gasteiger partial charge in [0.2, 0.25) is 0 Å². The number of nitrogens with zero attached hydrogens (tertiary/aromatic N) is 1. The van der Waals surface area contributed by atoms with Crippen LogP contribution in [0.25, 0.3) is 0 Å². The molecular formula is C14H15F2NO5. The maximum atomic E-state index is 12.4. The van der Waals surface area contributed by atoms with E-state index in [1.165, 1.54) is 24.1 Å². The molecule has 2 rings (SSSR count). The van der Waals surface area contributed by atoms with E-state index in [4.69, 9.17) is 9.84 Å². The van der Waals surface area contributed by atoms with Crippen LogP contribution in [0.3, 0.4) is 0 Å². The van der Waals surface area contributed by atoms with E-state index in [0.717, 1.165) is 6.07 Å². The molecule has 1 aromatic carbocycles. The molecule has 1 N–H and O–H groups in total. The number of benzene rings is 1. The molecule has 0 spiro atoms. The van der Waals surface area contributed by atoms with Crippen molar-refractivity contribution < 1.29 is 33.0 Å². The summed E-state index contributed by atoms with van der Waals surface area (Å²) in [5.41, 5.74) is 0.0737. The van der Waals surface area contributed by atoms with E-state index < -0.39 is 24.5 Å². The summed E-state index contributed by atoms with van der Waals surface area (Å²) >= 11 is 0. The van der Waals surface area contributed by atoms with Crippen molar-refractivity contribution in [3.8, 4) is 11.5 Å². The molecule has 0 aliphatic carbocycles. The summed E-state index contributed by atoms with van der Waals surface area (Å²) in [7, 11) is 1.29. The number of alkyl halides is 2. The van der Waals surface area contributed by atoms with Crippen LogP contribution in [-0.4, -0.2) is 48.2 Å². The summed E-state index contributed by atoms with van der Waals surface area (Å²) in [6.07, 6.45) is 0.955. The molecule has 1 amide bonds. The molecule has 1 atom stereocenters. The average molecular weight is 315 g/mol. The van der Waals surface area contributed by atoms with Gasteiger partial charge in [0.25, 0.3) is 5.91 Å². The van der Waals surface area contributed by atoms with Gasteiger partial charge >= 0.3 is 12.6 Å². The highest BCUT2D eigenvalue weighted by atomic mass is 19.3. The minimum Gasteiger partial charge on any atom is -0.493 e. The zero-order valence-electron chi connectivity index (χ0n) is 11.8. The standard InChI is InChI=1S/C14H15F2NO5/c1-21-10-5-4-8(7-11(10)22-14(15)16)12(18)17-6-2-3-9(17)13(19)20/h4-5,7,9,14H,2-3,6H2,1H3,(H,19,20). The molecule has 1 unspecified atom stereocenters. The number of likely N-dealkylation sites (tertiary alicyclic amines) is 1. The van der Waals surface area contributed by atoms with Crippen LogP contribution in [-0.2, 0) is 4.79 Å². The molecule has 0 saturated carbocycles. The van der Waals surface area contributed by atoms with Crippen molar-refractivity contribution in [2.24, 2.45) is 0 Å². The lowest BCUT2D eigenvalue weighted by Gasteiger charge is -2.22. The summed E-state index contributed by atoms with van der Waals surface area (Å²) in [5.74, 6) is -1.82. The van der Waals surface area contributed by atoms with Crippen molar-refractivity contribution in [2.45, 2.75) is 25.5 Å². The number of ether oxygens (including phenoxy) is 2. The lowest BCUT2D eigenvalue weighted by molar-refractivity contribution is -0.141. The number of rotatable bonds is 5. The van der Waals surface area contributed by atoms with E-state index in [0.29, 0.717) is 19.4 Å². The van der Waals surface area contributed by atoms with Gasteiger partial charge in [-0.1, -0.05) is 0 Å². The second-order valence-corrected chi connectivity index (χ2v) is 4.74. The zero-order valence-corrected chi connectivity index (χ0v) is 11.8. The fourth-order valence-corrected chi connectivity index (χ4v) is 2.43. The summed E-state index contributed by atoms with van der Waals surface area (Å²) in [4.78, 5) is 24.7. The number of aliphatic carboxylic acids is 1. The third-order valence-electron chi connectivity index (χ3n) is 3.43. The van der Waals surface area contributed by atoms with Crippen LogP contribution in [0.15, 0.2) is 18.2 Å². The van der Waals surface area contributed by atoms with Crippen molar-refractivity contribution in [3.05, 3.63) is 23.8 Å². The van der Waals surface area contributed by atoms with E-state index in [9.17, 15) is 18.4 Å². The third kappa shape index (κ3) is 3.26. The van der Waals surface area contributed by atoms with Crippen molar-refractivity contribution >= 4 is 11.9 Å². The average Bonchev–Trinajstić information content (AvgIpc) is 2.95. The normalized spacial score (nSPS) is 17.6. The Hall–Kier alpha value is -2.38. The Morgan fingerprint density at radius 1 is 1.36 bits per heavy atom. The van der Waals surface area contributed by atoms with Gasteiger partial charge < -0.3 is 19.5 Å². The number of carbonyl (C=O) groups excluding carboxylic acids is 1. The van der Waals surface area contributed by atoms with Gasteiger partial charge in [-0.3, -0.25) is 4.79 Å². The van der Waals surface area contributed by atoms with Gasteiger partial charge in [-0.25, -0.2) is 4.79 Å². The molecule has 22 heavy (non-hydrogen) atoms. The molecule has 8 heteroatoms. The molecule has 120 valence electrons. The number of hydrogen-bond donors (Lipinski definition) is 1.